The van der Waals surface area contributed by atoms with Gasteiger partial charge in [-0.25, -0.2) is 0 Å². The molecule has 0 nitrogen and oxygen atoms in total. The molecular weight excluding hydrogens is 437 g/mol. The molecule has 0 saturated heterocycles. The molecule has 100 valence electrons. The first kappa shape index (κ1) is 14.9. The molecule has 0 amide bonds. The second-order valence-corrected chi connectivity index (χ2v) is 4.67. The van der Waals surface area contributed by atoms with Gasteiger partial charge in [-0.1, -0.05) is 91.0 Å². The van der Waals surface area contributed by atoms with Crippen LogP contribution < -0.4 is 0 Å². The summed E-state index contributed by atoms with van der Waals surface area (Å²) in [5.41, 5.74) is 4.00. The molecule has 0 fully saturated rings. The molecule has 0 aromatic heterocycles. The molecule has 0 aliphatic heterocycles. The summed E-state index contributed by atoms with van der Waals surface area (Å²) in [5, 5.41) is 0. The van der Waals surface area contributed by atoms with Gasteiger partial charge in [0, 0.05) is 5.92 Å². The Bertz CT molecular complexity index is 524. The van der Waals surface area contributed by atoms with E-state index in [-0.39, 0.29) is 26.2 Å². The SMILES string of the molecule is [BiH3].c1ccc(C(c2ccccc2)c2ccccc2)cc1. The molecule has 0 spiro atoms. The van der Waals surface area contributed by atoms with E-state index in [4.69, 9.17) is 0 Å². The van der Waals surface area contributed by atoms with Crippen LogP contribution in [0.1, 0.15) is 22.6 Å². The van der Waals surface area contributed by atoms with Gasteiger partial charge in [0.2, 0.25) is 0 Å². The summed E-state index contributed by atoms with van der Waals surface area (Å²) in [6, 6.07) is 32.0. The van der Waals surface area contributed by atoms with E-state index in [2.05, 4.69) is 91.0 Å². The smallest absolute Gasteiger partial charge is 0.0339 e. The van der Waals surface area contributed by atoms with Gasteiger partial charge in [0.25, 0.3) is 0 Å². The van der Waals surface area contributed by atoms with Crippen LogP contribution in [-0.4, -0.2) is 26.2 Å². The third-order valence-electron chi connectivity index (χ3n) is 3.40. The monoisotopic (exact) mass is 456 g/mol. The summed E-state index contributed by atoms with van der Waals surface area (Å²) in [4.78, 5) is 0. The summed E-state index contributed by atoms with van der Waals surface area (Å²) in [5.74, 6) is 0.309. The molecule has 0 saturated carbocycles. The zero-order valence-electron chi connectivity index (χ0n) is 11.4. The van der Waals surface area contributed by atoms with Gasteiger partial charge >= 0.3 is 26.2 Å². The molecule has 0 aliphatic carbocycles. The second-order valence-electron chi connectivity index (χ2n) is 4.67. The second kappa shape index (κ2) is 7.36. The summed E-state index contributed by atoms with van der Waals surface area (Å²) >= 11 is 0. The maximum absolute atomic E-state index is 2.20. The largest absolute Gasteiger partial charge is 0.0622 e. The van der Waals surface area contributed by atoms with E-state index in [1.54, 1.807) is 0 Å². The first-order chi connectivity index (χ1) is 9.45. The molecule has 0 N–H and O–H groups in total. The van der Waals surface area contributed by atoms with E-state index in [1.165, 1.54) is 16.7 Å². The molecule has 0 heterocycles. The standard InChI is InChI=1S/C19H16.Bi.3H/c1-4-10-16(11-5-1)19(17-12-6-2-7-13-17)18-14-8-3-9-15-18;;;;/h1-15,19H;;;;. The van der Waals surface area contributed by atoms with Gasteiger partial charge in [-0.3, -0.25) is 0 Å². The molecule has 0 unspecified atom stereocenters. The summed E-state index contributed by atoms with van der Waals surface area (Å²) in [6.45, 7) is 0. The first-order valence-corrected chi connectivity index (χ1v) is 6.60. The van der Waals surface area contributed by atoms with Gasteiger partial charge in [0.05, 0.1) is 0 Å². The molecule has 0 atom stereocenters. The van der Waals surface area contributed by atoms with Gasteiger partial charge < -0.3 is 0 Å². The quantitative estimate of drug-likeness (QED) is 0.417. The van der Waals surface area contributed by atoms with Crippen LogP contribution in [0.3, 0.4) is 0 Å². The van der Waals surface area contributed by atoms with Crippen LogP contribution >= 0.6 is 0 Å². The summed E-state index contributed by atoms with van der Waals surface area (Å²) < 4.78 is 0. The van der Waals surface area contributed by atoms with Gasteiger partial charge in [0.1, 0.15) is 0 Å². The Kier molecular flexibility index (Phi) is 5.50. The van der Waals surface area contributed by atoms with E-state index in [0.717, 1.165) is 0 Å². The zero-order valence-corrected chi connectivity index (χ0v) is 16.9. The Morgan fingerprint density at radius 3 is 0.900 bits per heavy atom. The third kappa shape index (κ3) is 3.35. The average Bonchev–Trinajstić information content (AvgIpc) is 2.51. The van der Waals surface area contributed by atoms with Crippen molar-refractivity contribution in [3.05, 3.63) is 108 Å². The summed E-state index contributed by atoms with van der Waals surface area (Å²) in [7, 11) is 0. The molecule has 1 heteroatoms. The van der Waals surface area contributed by atoms with Crippen molar-refractivity contribution in [2.45, 2.75) is 5.92 Å². The third-order valence-corrected chi connectivity index (χ3v) is 3.40. The fraction of sp³-hybridized carbons (Fsp3) is 0.0526. The van der Waals surface area contributed by atoms with Crippen molar-refractivity contribution in [2.75, 3.05) is 0 Å². The van der Waals surface area contributed by atoms with Gasteiger partial charge in [-0.15, -0.1) is 0 Å². The predicted octanol–water partition coefficient (Wildman–Crippen LogP) is 3.68. The van der Waals surface area contributed by atoms with Crippen molar-refractivity contribution >= 4 is 26.2 Å². The molecule has 0 aliphatic rings. The van der Waals surface area contributed by atoms with Crippen LogP contribution in [0.5, 0.6) is 0 Å². The topological polar surface area (TPSA) is 0 Å². The van der Waals surface area contributed by atoms with Crippen LogP contribution in [0.4, 0.5) is 0 Å². The molecule has 3 aromatic rings. The van der Waals surface area contributed by atoms with Crippen LogP contribution in [0.25, 0.3) is 0 Å². The fourth-order valence-corrected chi connectivity index (χ4v) is 2.51. The Morgan fingerprint density at radius 2 is 0.650 bits per heavy atom. The van der Waals surface area contributed by atoms with E-state index >= 15 is 0 Å². The van der Waals surface area contributed by atoms with E-state index < -0.39 is 0 Å². The minimum absolute atomic E-state index is 0. The van der Waals surface area contributed by atoms with E-state index in [9.17, 15) is 0 Å². The molecule has 20 heavy (non-hydrogen) atoms. The first-order valence-electron chi connectivity index (χ1n) is 6.60. The predicted molar refractivity (Wildman–Crippen MR) is 90.2 cm³/mol. The Hall–Kier alpha value is -1.46. The molecular formula is C19H19Bi. The minimum atomic E-state index is 0. The average molecular weight is 456 g/mol. The number of benzene rings is 3. The maximum atomic E-state index is 2.20. The van der Waals surface area contributed by atoms with Gasteiger partial charge in [-0.2, -0.15) is 0 Å². The van der Waals surface area contributed by atoms with Crippen molar-refractivity contribution in [1.82, 2.24) is 0 Å². The van der Waals surface area contributed by atoms with Crippen molar-refractivity contribution < 1.29 is 0 Å². The van der Waals surface area contributed by atoms with E-state index in [1.807, 2.05) is 0 Å². The fourth-order valence-electron chi connectivity index (χ4n) is 2.51. The van der Waals surface area contributed by atoms with Crippen molar-refractivity contribution in [3.63, 3.8) is 0 Å². The number of hydrogen-bond donors (Lipinski definition) is 0. The minimum Gasteiger partial charge on any atom is -0.0622 e. The van der Waals surface area contributed by atoms with Crippen molar-refractivity contribution in [3.8, 4) is 0 Å². The van der Waals surface area contributed by atoms with E-state index in [0.29, 0.717) is 5.92 Å². The van der Waals surface area contributed by atoms with Crippen molar-refractivity contribution in [2.24, 2.45) is 0 Å². The van der Waals surface area contributed by atoms with Crippen LogP contribution in [0, 0.1) is 0 Å². The van der Waals surface area contributed by atoms with Gasteiger partial charge in [0.15, 0.2) is 0 Å². The molecule has 3 rings (SSSR count). The zero-order chi connectivity index (χ0) is 12.9. The van der Waals surface area contributed by atoms with Gasteiger partial charge in [-0.05, 0) is 16.7 Å². The number of hydrogen-bond acceptors (Lipinski definition) is 0. The Labute approximate surface area is 139 Å². The summed E-state index contributed by atoms with van der Waals surface area (Å²) in [6.07, 6.45) is 0. The number of rotatable bonds is 3. The molecule has 3 aromatic carbocycles. The Balaban J connectivity index is 0.00000147. The van der Waals surface area contributed by atoms with Crippen molar-refractivity contribution in [1.29, 1.82) is 0 Å². The molecule has 0 radical (unpaired) electrons. The normalized spacial score (nSPS) is 10.1. The Morgan fingerprint density at radius 1 is 0.400 bits per heavy atom. The van der Waals surface area contributed by atoms with Crippen LogP contribution in [-0.2, 0) is 0 Å². The van der Waals surface area contributed by atoms with Crippen LogP contribution in [0.2, 0.25) is 0 Å². The van der Waals surface area contributed by atoms with Crippen LogP contribution in [0.15, 0.2) is 91.0 Å². The molecule has 0 bridgehead atoms. The maximum Gasteiger partial charge on any atom is 0.0339 e.